The molecule has 2 aromatic rings. The minimum Gasteiger partial charge on any atom is -0.497 e. The summed E-state index contributed by atoms with van der Waals surface area (Å²) in [6, 6.07) is 9.48. The van der Waals surface area contributed by atoms with E-state index in [2.05, 4.69) is 5.32 Å². The van der Waals surface area contributed by atoms with E-state index in [1.54, 1.807) is 25.3 Å². The first-order chi connectivity index (χ1) is 11.9. The quantitative estimate of drug-likeness (QED) is 0.674. The molecule has 0 aliphatic carbocycles. The van der Waals surface area contributed by atoms with Gasteiger partial charge < -0.3 is 20.9 Å². The highest BCUT2D eigenvalue weighted by atomic mass is 19.1. The van der Waals surface area contributed by atoms with E-state index in [4.69, 9.17) is 10.5 Å². The molecule has 2 aromatic carbocycles. The maximum Gasteiger partial charge on any atom is 0.247 e. The number of halogens is 2. The van der Waals surface area contributed by atoms with Crippen molar-refractivity contribution < 1.29 is 23.4 Å². The zero-order chi connectivity index (χ0) is 18.4. The second-order valence-corrected chi connectivity index (χ2v) is 5.67. The molecule has 0 saturated heterocycles. The molecule has 5 nitrogen and oxygen atoms in total. The van der Waals surface area contributed by atoms with Gasteiger partial charge in [0.15, 0.2) is 0 Å². The summed E-state index contributed by atoms with van der Waals surface area (Å²) in [5.41, 5.74) is 6.33. The zero-order valence-corrected chi connectivity index (χ0v) is 13.7. The van der Waals surface area contributed by atoms with Gasteiger partial charge in [-0.2, -0.15) is 0 Å². The Bertz CT molecular complexity index is 720. The average molecular weight is 350 g/mol. The Balaban J connectivity index is 2.13. The molecule has 2 atom stereocenters. The Morgan fingerprint density at radius 2 is 1.88 bits per heavy atom. The van der Waals surface area contributed by atoms with Crippen LogP contribution in [0.4, 0.5) is 8.78 Å². The van der Waals surface area contributed by atoms with Crippen LogP contribution in [0.2, 0.25) is 0 Å². The average Bonchev–Trinajstić information content (AvgIpc) is 2.57. The number of hydrogen-bond donors (Lipinski definition) is 3. The number of rotatable bonds is 8. The summed E-state index contributed by atoms with van der Waals surface area (Å²) in [6.45, 7) is 0.310. The number of carbonyl (C=O) groups excluding carboxylic acids is 1. The number of nitrogens with two attached hydrogens (primary N) is 1. The number of carbonyl (C=O) groups is 1. The molecule has 0 heterocycles. The highest BCUT2D eigenvalue weighted by Gasteiger charge is 2.24. The Labute approximate surface area is 144 Å². The third-order valence-electron chi connectivity index (χ3n) is 3.75. The van der Waals surface area contributed by atoms with Gasteiger partial charge in [0.1, 0.15) is 23.5 Å². The van der Waals surface area contributed by atoms with Gasteiger partial charge in [0.25, 0.3) is 0 Å². The molecule has 0 bridgehead atoms. The largest absolute Gasteiger partial charge is 0.497 e. The van der Waals surface area contributed by atoms with E-state index < -0.39 is 29.7 Å². The fourth-order valence-corrected chi connectivity index (χ4v) is 2.51. The van der Waals surface area contributed by atoms with Crippen LogP contribution in [-0.2, 0) is 17.8 Å². The second-order valence-electron chi connectivity index (χ2n) is 5.67. The molecule has 0 aliphatic rings. The Kier molecular flexibility index (Phi) is 6.44. The number of amides is 1. The Morgan fingerprint density at radius 3 is 2.48 bits per heavy atom. The van der Waals surface area contributed by atoms with Crippen molar-refractivity contribution in [3.63, 3.8) is 0 Å². The van der Waals surface area contributed by atoms with Crippen LogP contribution in [0, 0.1) is 11.6 Å². The monoisotopic (exact) mass is 350 g/mol. The molecule has 0 saturated carbocycles. The first-order valence-electron chi connectivity index (χ1n) is 7.67. The summed E-state index contributed by atoms with van der Waals surface area (Å²) in [7, 11) is 1.55. The van der Waals surface area contributed by atoms with Crippen LogP contribution in [-0.4, -0.2) is 30.3 Å². The minimum absolute atomic E-state index is 0.0305. The van der Waals surface area contributed by atoms with Crippen LogP contribution >= 0.6 is 0 Å². The number of benzene rings is 2. The van der Waals surface area contributed by atoms with Gasteiger partial charge in [-0.15, -0.1) is 0 Å². The van der Waals surface area contributed by atoms with E-state index in [0.717, 1.165) is 23.8 Å². The molecule has 2 rings (SSSR count). The number of methoxy groups -OCH3 is 1. The van der Waals surface area contributed by atoms with Crippen molar-refractivity contribution in [2.75, 3.05) is 7.11 Å². The summed E-state index contributed by atoms with van der Waals surface area (Å²) in [5.74, 6) is -1.70. The highest BCUT2D eigenvalue weighted by molar-refractivity contribution is 5.79. The van der Waals surface area contributed by atoms with E-state index in [1.165, 1.54) is 0 Å². The molecule has 134 valence electrons. The SMILES string of the molecule is COc1cccc(CNC(Cc2cc(F)cc(F)c2)C(O)C(N)=O)c1. The Hall–Kier alpha value is -2.51. The molecule has 7 heteroatoms. The van der Waals surface area contributed by atoms with Crippen molar-refractivity contribution in [2.24, 2.45) is 5.73 Å². The van der Waals surface area contributed by atoms with Gasteiger partial charge in [0.05, 0.1) is 7.11 Å². The lowest BCUT2D eigenvalue weighted by Gasteiger charge is -2.22. The van der Waals surface area contributed by atoms with Crippen LogP contribution in [0.15, 0.2) is 42.5 Å². The predicted molar refractivity (Wildman–Crippen MR) is 88.9 cm³/mol. The van der Waals surface area contributed by atoms with Gasteiger partial charge in [-0.25, -0.2) is 8.78 Å². The Morgan fingerprint density at radius 1 is 1.20 bits per heavy atom. The van der Waals surface area contributed by atoms with Crippen molar-refractivity contribution in [1.82, 2.24) is 5.32 Å². The molecule has 25 heavy (non-hydrogen) atoms. The lowest BCUT2D eigenvalue weighted by atomic mass is 10.00. The van der Waals surface area contributed by atoms with Crippen molar-refractivity contribution in [1.29, 1.82) is 0 Å². The van der Waals surface area contributed by atoms with Crippen molar-refractivity contribution in [3.05, 3.63) is 65.2 Å². The van der Waals surface area contributed by atoms with Gasteiger partial charge in [-0.05, 0) is 41.8 Å². The molecule has 2 unspecified atom stereocenters. The van der Waals surface area contributed by atoms with Crippen molar-refractivity contribution in [2.45, 2.75) is 25.1 Å². The third kappa shape index (κ3) is 5.51. The van der Waals surface area contributed by atoms with E-state index in [9.17, 15) is 18.7 Å². The van der Waals surface area contributed by atoms with Gasteiger partial charge in [-0.3, -0.25) is 4.79 Å². The molecule has 0 aromatic heterocycles. The van der Waals surface area contributed by atoms with Crippen LogP contribution in [0.1, 0.15) is 11.1 Å². The lowest BCUT2D eigenvalue weighted by Crippen LogP contribution is -2.48. The van der Waals surface area contributed by atoms with Gasteiger partial charge in [-0.1, -0.05) is 12.1 Å². The smallest absolute Gasteiger partial charge is 0.247 e. The van der Waals surface area contributed by atoms with E-state index in [-0.39, 0.29) is 6.42 Å². The standard InChI is InChI=1S/C18H20F2N2O3/c1-25-15-4-2-3-11(7-15)10-22-16(17(23)18(21)24)8-12-5-13(19)9-14(20)6-12/h2-7,9,16-17,22-23H,8,10H2,1H3,(H2,21,24). The lowest BCUT2D eigenvalue weighted by molar-refractivity contribution is -0.127. The fourth-order valence-electron chi connectivity index (χ4n) is 2.51. The second kappa shape index (κ2) is 8.55. The molecule has 0 spiro atoms. The molecule has 0 fully saturated rings. The maximum atomic E-state index is 13.3. The van der Waals surface area contributed by atoms with E-state index >= 15 is 0 Å². The number of nitrogens with one attached hydrogen (secondary N) is 1. The van der Waals surface area contributed by atoms with Gasteiger partial charge in [0, 0.05) is 18.7 Å². The summed E-state index contributed by atoms with van der Waals surface area (Å²) in [6.07, 6.45) is -1.47. The fraction of sp³-hybridized carbons (Fsp3) is 0.278. The molecule has 1 amide bonds. The third-order valence-corrected chi connectivity index (χ3v) is 3.75. The van der Waals surface area contributed by atoms with E-state index in [0.29, 0.717) is 17.9 Å². The summed E-state index contributed by atoms with van der Waals surface area (Å²) < 4.78 is 31.8. The summed E-state index contributed by atoms with van der Waals surface area (Å²) in [4.78, 5) is 11.3. The van der Waals surface area contributed by atoms with Crippen LogP contribution in [0.3, 0.4) is 0 Å². The molecule has 0 radical (unpaired) electrons. The molecule has 0 aliphatic heterocycles. The summed E-state index contributed by atoms with van der Waals surface area (Å²) in [5, 5.41) is 13.0. The number of aliphatic hydroxyl groups excluding tert-OH is 1. The highest BCUT2D eigenvalue weighted by Crippen LogP contribution is 2.15. The predicted octanol–water partition coefficient (Wildman–Crippen LogP) is 1.52. The normalized spacial score (nSPS) is 13.3. The molecular formula is C18H20F2N2O3. The molecular weight excluding hydrogens is 330 g/mol. The van der Waals surface area contributed by atoms with Crippen LogP contribution in [0.5, 0.6) is 5.75 Å². The summed E-state index contributed by atoms with van der Waals surface area (Å²) >= 11 is 0. The van der Waals surface area contributed by atoms with Gasteiger partial charge >= 0.3 is 0 Å². The number of primary amides is 1. The van der Waals surface area contributed by atoms with Gasteiger partial charge in [0.2, 0.25) is 5.91 Å². The topological polar surface area (TPSA) is 84.6 Å². The van der Waals surface area contributed by atoms with Crippen LogP contribution < -0.4 is 15.8 Å². The van der Waals surface area contributed by atoms with E-state index in [1.807, 2.05) is 6.07 Å². The maximum absolute atomic E-state index is 13.3. The number of ether oxygens (including phenoxy) is 1. The number of aliphatic hydroxyl groups is 1. The van der Waals surface area contributed by atoms with Crippen LogP contribution in [0.25, 0.3) is 0 Å². The first-order valence-corrected chi connectivity index (χ1v) is 7.67. The number of hydrogen-bond acceptors (Lipinski definition) is 4. The van der Waals surface area contributed by atoms with Crippen molar-refractivity contribution >= 4 is 5.91 Å². The zero-order valence-electron chi connectivity index (χ0n) is 13.7. The first kappa shape index (κ1) is 18.8. The minimum atomic E-state index is -1.50. The molecule has 4 N–H and O–H groups in total. The van der Waals surface area contributed by atoms with Crippen molar-refractivity contribution in [3.8, 4) is 5.75 Å².